The molecule has 0 aliphatic carbocycles. The Hall–Kier alpha value is -3.32. The van der Waals surface area contributed by atoms with E-state index in [1.54, 1.807) is 24.3 Å². The van der Waals surface area contributed by atoms with Gasteiger partial charge in [-0.15, -0.1) is 0 Å². The van der Waals surface area contributed by atoms with Crippen LogP contribution in [0.5, 0.6) is 11.5 Å². The Morgan fingerprint density at radius 2 is 1.82 bits per heavy atom. The fourth-order valence-electron chi connectivity index (χ4n) is 4.04. The number of phenolic OH excluding ortho intramolecular Hbond substituents is 1. The van der Waals surface area contributed by atoms with Gasteiger partial charge in [0, 0.05) is 6.54 Å². The van der Waals surface area contributed by atoms with Gasteiger partial charge in [-0.1, -0.05) is 39.0 Å². The van der Waals surface area contributed by atoms with E-state index in [2.05, 4.69) is 0 Å². The molecule has 1 atom stereocenters. The number of hydrogen-bond acceptors (Lipinski definition) is 6. The number of phenols is 1. The number of aliphatic hydroxyl groups is 1. The summed E-state index contributed by atoms with van der Waals surface area (Å²) in [6.45, 7) is 10.3. The normalized spacial score (nSPS) is 18.1. The third-order valence-electron chi connectivity index (χ3n) is 5.83. The molecule has 1 unspecified atom stereocenters. The molecule has 1 heterocycles. The van der Waals surface area contributed by atoms with E-state index >= 15 is 0 Å². The fourth-order valence-corrected chi connectivity index (χ4v) is 4.04. The Labute approximate surface area is 200 Å². The van der Waals surface area contributed by atoms with Crippen LogP contribution in [0.4, 0.5) is 0 Å². The number of Topliss-reactive ketones (excluding diaryl/α,β-unsaturated/α-hetero) is 1. The van der Waals surface area contributed by atoms with E-state index in [0.29, 0.717) is 16.9 Å². The van der Waals surface area contributed by atoms with E-state index < -0.39 is 17.7 Å². The molecule has 0 bridgehead atoms. The van der Waals surface area contributed by atoms with Gasteiger partial charge in [0.2, 0.25) is 0 Å². The van der Waals surface area contributed by atoms with Crippen molar-refractivity contribution in [2.24, 2.45) is 0 Å². The topological polar surface area (TPSA) is 96.3 Å². The van der Waals surface area contributed by atoms with Gasteiger partial charge in [-0.3, -0.25) is 9.59 Å². The van der Waals surface area contributed by atoms with E-state index in [4.69, 9.17) is 9.47 Å². The molecule has 1 fully saturated rings. The maximum Gasteiger partial charge on any atom is 0.295 e. The highest BCUT2D eigenvalue weighted by atomic mass is 16.5. The van der Waals surface area contributed by atoms with Crippen molar-refractivity contribution < 1.29 is 29.3 Å². The van der Waals surface area contributed by atoms with Crippen LogP contribution in [0.2, 0.25) is 0 Å². The van der Waals surface area contributed by atoms with Crippen LogP contribution in [0.1, 0.15) is 57.4 Å². The molecule has 0 saturated carbocycles. The molecule has 7 heteroatoms. The van der Waals surface area contributed by atoms with Gasteiger partial charge in [0.1, 0.15) is 17.3 Å². The monoisotopic (exact) mass is 467 g/mol. The van der Waals surface area contributed by atoms with Crippen LogP contribution in [0.15, 0.2) is 48.0 Å². The van der Waals surface area contributed by atoms with Crippen molar-refractivity contribution in [3.8, 4) is 11.5 Å². The highest BCUT2D eigenvalue weighted by Gasteiger charge is 2.46. The lowest BCUT2D eigenvalue weighted by molar-refractivity contribution is -0.140. The highest BCUT2D eigenvalue weighted by molar-refractivity contribution is 6.46. The maximum atomic E-state index is 13.2. The van der Waals surface area contributed by atoms with Gasteiger partial charge in [-0.05, 0) is 54.7 Å². The molecule has 182 valence electrons. The number of ether oxygens (including phenoxy) is 2. The SMILES string of the molecule is COc1ccc(C(C)(C)C)cc1/C(O)=C1\C(=O)C(=O)N(CCOC(C)C)C1c1cccc(O)c1. The summed E-state index contributed by atoms with van der Waals surface area (Å²) in [5.41, 5.74) is 1.51. The second-order valence-corrected chi connectivity index (χ2v) is 9.67. The van der Waals surface area contributed by atoms with Crippen LogP contribution >= 0.6 is 0 Å². The quantitative estimate of drug-likeness (QED) is 0.352. The summed E-state index contributed by atoms with van der Waals surface area (Å²) in [4.78, 5) is 27.7. The Bertz CT molecular complexity index is 1110. The number of ketones is 1. The summed E-state index contributed by atoms with van der Waals surface area (Å²) in [5.74, 6) is -1.46. The van der Waals surface area contributed by atoms with E-state index in [-0.39, 0.29) is 41.8 Å². The van der Waals surface area contributed by atoms with E-state index in [1.807, 2.05) is 40.7 Å². The number of carbonyl (C=O) groups excluding carboxylic acids is 2. The molecule has 7 nitrogen and oxygen atoms in total. The standard InChI is InChI=1S/C27H33NO6/c1-16(2)34-13-12-28-23(17-8-7-9-19(29)14-17)22(25(31)26(28)32)24(30)20-15-18(27(3,4)5)10-11-21(20)33-6/h7-11,14-16,23,29-30H,12-13H2,1-6H3/b24-22+. The molecule has 1 amide bonds. The minimum Gasteiger partial charge on any atom is -0.508 e. The third kappa shape index (κ3) is 5.09. The third-order valence-corrected chi connectivity index (χ3v) is 5.83. The number of nitrogens with zero attached hydrogens (tertiary/aromatic N) is 1. The van der Waals surface area contributed by atoms with Crippen molar-refractivity contribution in [2.75, 3.05) is 20.3 Å². The minimum absolute atomic E-state index is 0.00571. The van der Waals surface area contributed by atoms with Crippen LogP contribution in [0.3, 0.4) is 0 Å². The summed E-state index contributed by atoms with van der Waals surface area (Å²) in [7, 11) is 1.48. The molecule has 2 N–H and O–H groups in total. The minimum atomic E-state index is -0.883. The van der Waals surface area contributed by atoms with Crippen molar-refractivity contribution in [3.63, 3.8) is 0 Å². The molecule has 3 rings (SSSR count). The number of benzene rings is 2. The molecule has 1 saturated heterocycles. The molecule has 2 aromatic carbocycles. The zero-order chi connectivity index (χ0) is 25.2. The first kappa shape index (κ1) is 25.3. The molecule has 0 aromatic heterocycles. The van der Waals surface area contributed by atoms with Gasteiger partial charge in [0.05, 0.1) is 37.0 Å². The van der Waals surface area contributed by atoms with Gasteiger partial charge in [0.25, 0.3) is 11.7 Å². The number of amides is 1. The highest BCUT2D eigenvalue weighted by Crippen LogP contribution is 2.42. The molecule has 1 aliphatic rings. The van der Waals surface area contributed by atoms with Crippen molar-refractivity contribution in [1.29, 1.82) is 0 Å². The summed E-state index contributed by atoms with van der Waals surface area (Å²) in [6, 6.07) is 10.9. The van der Waals surface area contributed by atoms with Crippen LogP contribution in [-0.4, -0.2) is 53.2 Å². The molecular formula is C27H33NO6. The predicted octanol–water partition coefficient (Wildman–Crippen LogP) is 4.55. The lowest BCUT2D eigenvalue weighted by Gasteiger charge is -2.26. The second kappa shape index (κ2) is 9.89. The average Bonchev–Trinajstić information content (AvgIpc) is 3.02. The molecule has 2 aromatic rings. The summed E-state index contributed by atoms with van der Waals surface area (Å²) in [5, 5.41) is 21.5. The largest absolute Gasteiger partial charge is 0.508 e. The van der Waals surface area contributed by atoms with Gasteiger partial charge in [-0.25, -0.2) is 0 Å². The Morgan fingerprint density at radius 3 is 2.41 bits per heavy atom. The summed E-state index contributed by atoms with van der Waals surface area (Å²) < 4.78 is 11.1. The lowest BCUT2D eigenvalue weighted by Crippen LogP contribution is -2.33. The van der Waals surface area contributed by atoms with Crippen molar-refractivity contribution in [3.05, 3.63) is 64.7 Å². The van der Waals surface area contributed by atoms with E-state index in [1.165, 1.54) is 24.1 Å². The maximum absolute atomic E-state index is 13.2. The number of methoxy groups -OCH3 is 1. The lowest BCUT2D eigenvalue weighted by atomic mass is 9.85. The number of likely N-dealkylation sites (tertiary alicyclic amines) is 1. The summed E-state index contributed by atoms with van der Waals surface area (Å²) >= 11 is 0. The van der Waals surface area contributed by atoms with Crippen LogP contribution in [-0.2, 0) is 19.7 Å². The Morgan fingerprint density at radius 1 is 1.12 bits per heavy atom. The predicted molar refractivity (Wildman–Crippen MR) is 130 cm³/mol. The molecule has 34 heavy (non-hydrogen) atoms. The summed E-state index contributed by atoms with van der Waals surface area (Å²) in [6.07, 6.45) is -0.0413. The number of aliphatic hydroxyl groups excluding tert-OH is 1. The fraction of sp³-hybridized carbons (Fsp3) is 0.407. The van der Waals surface area contributed by atoms with Crippen LogP contribution in [0.25, 0.3) is 5.76 Å². The number of carbonyl (C=O) groups is 2. The zero-order valence-corrected chi connectivity index (χ0v) is 20.6. The van der Waals surface area contributed by atoms with Gasteiger partial charge in [0.15, 0.2) is 0 Å². The number of hydrogen-bond donors (Lipinski definition) is 2. The smallest absolute Gasteiger partial charge is 0.295 e. The molecular weight excluding hydrogens is 434 g/mol. The first-order valence-corrected chi connectivity index (χ1v) is 11.3. The van der Waals surface area contributed by atoms with Crippen molar-refractivity contribution >= 4 is 17.4 Å². The van der Waals surface area contributed by atoms with Gasteiger partial charge >= 0.3 is 0 Å². The van der Waals surface area contributed by atoms with E-state index in [9.17, 15) is 19.8 Å². The second-order valence-electron chi connectivity index (χ2n) is 9.67. The van der Waals surface area contributed by atoms with E-state index in [0.717, 1.165) is 5.56 Å². The van der Waals surface area contributed by atoms with Gasteiger partial charge in [-0.2, -0.15) is 0 Å². The van der Waals surface area contributed by atoms with Crippen LogP contribution in [0, 0.1) is 0 Å². The van der Waals surface area contributed by atoms with Crippen LogP contribution < -0.4 is 4.74 Å². The molecule has 0 spiro atoms. The first-order valence-electron chi connectivity index (χ1n) is 11.3. The average molecular weight is 468 g/mol. The Kier molecular flexibility index (Phi) is 7.36. The van der Waals surface area contributed by atoms with Gasteiger partial charge < -0.3 is 24.6 Å². The van der Waals surface area contributed by atoms with Crippen molar-refractivity contribution in [2.45, 2.75) is 52.2 Å². The van der Waals surface area contributed by atoms with Crippen molar-refractivity contribution in [1.82, 2.24) is 4.90 Å². The number of aromatic hydroxyl groups is 1. The zero-order valence-electron chi connectivity index (χ0n) is 20.6. The molecule has 1 aliphatic heterocycles. The molecule has 0 radical (unpaired) electrons. The Balaban J connectivity index is 2.21. The first-order chi connectivity index (χ1) is 16.0. The number of rotatable bonds is 7.